The summed E-state index contributed by atoms with van der Waals surface area (Å²) in [5, 5.41) is 8.08. The molecule has 1 amide bonds. The molecule has 3 aromatic rings. The van der Waals surface area contributed by atoms with Gasteiger partial charge in [-0.05, 0) is 81.0 Å². The maximum absolute atomic E-state index is 13.1. The minimum Gasteiger partial charge on any atom is -0.324 e. The molecule has 0 radical (unpaired) electrons. The summed E-state index contributed by atoms with van der Waals surface area (Å²) in [5.74, 6) is -0.297. The normalized spacial score (nSPS) is 13.0. The number of halogens is 1. The van der Waals surface area contributed by atoms with Crippen molar-refractivity contribution in [3.8, 4) is 11.3 Å². The fourth-order valence-electron chi connectivity index (χ4n) is 3.97. The maximum Gasteiger partial charge on any atom is 0.270 e. The van der Waals surface area contributed by atoms with E-state index in [4.69, 9.17) is 11.6 Å². The van der Waals surface area contributed by atoms with Crippen molar-refractivity contribution in [3.63, 3.8) is 0 Å². The molecule has 1 heterocycles. The Balaban J connectivity index is 1.73. The second-order valence-corrected chi connectivity index (χ2v) is 8.29. The standard InChI is InChI=1S/C24H24ClN3O2/c1-15-7-8-16(2)21(13-15)23-19-5-3-4-6-20(19)24(30)28(27-23)14-22(29)26-18-11-9-17(25)10-12-18/h7-13H,3-6,14H2,1-2H3,(H,26,29). The van der Waals surface area contributed by atoms with Gasteiger partial charge in [0, 0.05) is 21.8 Å². The number of amides is 1. The third-order valence-corrected chi connectivity index (χ3v) is 5.79. The van der Waals surface area contributed by atoms with Crippen LogP contribution in [-0.2, 0) is 24.2 Å². The van der Waals surface area contributed by atoms with E-state index in [1.165, 1.54) is 4.68 Å². The van der Waals surface area contributed by atoms with Crippen molar-refractivity contribution in [1.29, 1.82) is 0 Å². The number of anilines is 1. The van der Waals surface area contributed by atoms with Crippen molar-refractivity contribution >= 4 is 23.2 Å². The lowest BCUT2D eigenvalue weighted by atomic mass is 9.88. The highest BCUT2D eigenvalue weighted by Gasteiger charge is 2.23. The largest absolute Gasteiger partial charge is 0.324 e. The zero-order chi connectivity index (χ0) is 21.3. The predicted molar refractivity (Wildman–Crippen MR) is 120 cm³/mol. The summed E-state index contributed by atoms with van der Waals surface area (Å²) in [6.45, 7) is 3.96. The number of fused-ring (bicyclic) bond motifs is 1. The van der Waals surface area contributed by atoms with E-state index in [1.54, 1.807) is 24.3 Å². The maximum atomic E-state index is 13.1. The first-order valence-electron chi connectivity index (χ1n) is 10.2. The van der Waals surface area contributed by atoms with Crippen LogP contribution < -0.4 is 10.9 Å². The highest BCUT2D eigenvalue weighted by atomic mass is 35.5. The van der Waals surface area contributed by atoms with Gasteiger partial charge in [0.2, 0.25) is 5.91 Å². The van der Waals surface area contributed by atoms with E-state index in [9.17, 15) is 9.59 Å². The van der Waals surface area contributed by atoms with Gasteiger partial charge in [-0.3, -0.25) is 9.59 Å². The molecule has 1 aromatic heterocycles. The summed E-state index contributed by atoms with van der Waals surface area (Å²) in [6, 6.07) is 13.1. The number of hydrogen-bond donors (Lipinski definition) is 1. The third-order valence-electron chi connectivity index (χ3n) is 5.54. The highest BCUT2D eigenvalue weighted by molar-refractivity contribution is 6.30. The lowest BCUT2D eigenvalue weighted by Crippen LogP contribution is -2.34. The minimum absolute atomic E-state index is 0.132. The van der Waals surface area contributed by atoms with Gasteiger partial charge in [0.25, 0.3) is 5.56 Å². The van der Waals surface area contributed by atoms with E-state index in [0.29, 0.717) is 10.7 Å². The lowest BCUT2D eigenvalue weighted by molar-refractivity contribution is -0.117. The number of benzene rings is 2. The molecule has 0 atom stereocenters. The van der Waals surface area contributed by atoms with Crippen LogP contribution in [-0.4, -0.2) is 15.7 Å². The third kappa shape index (κ3) is 4.17. The van der Waals surface area contributed by atoms with Crippen LogP contribution in [0.25, 0.3) is 11.3 Å². The number of carbonyl (C=O) groups is 1. The SMILES string of the molecule is Cc1ccc(C)c(-c2nn(CC(=O)Nc3ccc(Cl)cc3)c(=O)c3c2CCCC3)c1. The van der Waals surface area contributed by atoms with Crippen LogP contribution in [0.3, 0.4) is 0 Å². The Morgan fingerprint density at radius 1 is 1.07 bits per heavy atom. The van der Waals surface area contributed by atoms with E-state index in [0.717, 1.165) is 59.2 Å². The quantitative estimate of drug-likeness (QED) is 0.664. The van der Waals surface area contributed by atoms with Gasteiger partial charge in [-0.15, -0.1) is 0 Å². The van der Waals surface area contributed by atoms with Gasteiger partial charge >= 0.3 is 0 Å². The fraction of sp³-hybridized carbons (Fsp3) is 0.292. The number of aryl methyl sites for hydroxylation is 2. The van der Waals surface area contributed by atoms with Crippen molar-refractivity contribution in [2.75, 3.05) is 5.32 Å². The Morgan fingerprint density at radius 2 is 1.77 bits per heavy atom. The number of carbonyl (C=O) groups excluding carboxylic acids is 1. The molecule has 0 aliphatic heterocycles. The van der Waals surface area contributed by atoms with Crippen molar-refractivity contribution in [2.24, 2.45) is 0 Å². The van der Waals surface area contributed by atoms with Crippen LogP contribution in [0.4, 0.5) is 5.69 Å². The van der Waals surface area contributed by atoms with Gasteiger partial charge in [0.1, 0.15) is 6.54 Å². The average Bonchev–Trinajstić information content (AvgIpc) is 2.74. The van der Waals surface area contributed by atoms with Crippen molar-refractivity contribution in [3.05, 3.63) is 80.1 Å². The number of nitrogens with zero attached hydrogens (tertiary/aromatic N) is 2. The summed E-state index contributed by atoms with van der Waals surface area (Å²) in [5.41, 5.74) is 6.40. The molecule has 0 spiro atoms. The molecule has 0 saturated heterocycles. The van der Waals surface area contributed by atoms with Gasteiger partial charge < -0.3 is 5.32 Å². The van der Waals surface area contributed by atoms with Gasteiger partial charge in [0.05, 0.1) is 5.69 Å². The molecule has 2 aromatic carbocycles. The molecule has 6 heteroatoms. The van der Waals surface area contributed by atoms with Crippen LogP contribution in [0.1, 0.15) is 35.1 Å². The van der Waals surface area contributed by atoms with Gasteiger partial charge in [0.15, 0.2) is 0 Å². The number of aromatic nitrogens is 2. The molecule has 1 N–H and O–H groups in total. The summed E-state index contributed by atoms with van der Waals surface area (Å²) < 4.78 is 1.31. The molecule has 0 bridgehead atoms. The minimum atomic E-state index is -0.297. The molecule has 1 aliphatic rings. The average molecular weight is 422 g/mol. The van der Waals surface area contributed by atoms with Gasteiger partial charge in [-0.2, -0.15) is 5.10 Å². The first kappa shape index (κ1) is 20.4. The molecule has 0 fully saturated rings. The molecular formula is C24H24ClN3O2. The molecule has 1 aliphatic carbocycles. The summed E-state index contributed by atoms with van der Waals surface area (Å²) >= 11 is 5.90. The van der Waals surface area contributed by atoms with E-state index in [1.807, 2.05) is 13.8 Å². The van der Waals surface area contributed by atoms with Crippen LogP contribution >= 0.6 is 11.6 Å². The fourth-order valence-corrected chi connectivity index (χ4v) is 4.10. The van der Waals surface area contributed by atoms with E-state index in [2.05, 4.69) is 28.6 Å². The van der Waals surface area contributed by atoms with Gasteiger partial charge in [-0.1, -0.05) is 29.3 Å². The van der Waals surface area contributed by atoms with Crippen molar-refractivity contribution < 1.29 is 4.79 Å². The molecule has 0 saturated carbocycles. The van der Waals surface area contributed by atoms with E-state index in [-0.39, 0.29) is 18.0 Å². The first-order valence-corrected chi connectivity index (χ1v) is 10.6. The lowest BCUT2D eigenvalue weighted by Gasteiger charge is -2.21. The number of nitrogens with one attached hydrogen (secondary N) is 1. The molecule has 4 rings (SSSR count). The van der Waals surface area contributed by atoms with E-state index < -0.39 is 0 Å². The molecule has 154 valence electrons. The second-order valence-electron chi connectivity index (χ2n) is 7.85. The second kappa shape index (κ2) is 8.44. The van der Waals surface area contributed by atoms with Crippen LogP contribution in [0.2, 0.25) is 5.02 Å². The Morgan fingerprint density at radius 3 is 2.50 bits per heavy atom. The van der Waals surface area contributed by atoms with Crippen LogP contribution in [0.15, 0.2) is 47.3 Å². The molecule has 30 heavy (non-hydrogen) atoms. The van der Waals surface area contributed by atoms with Crippen molar-refractivity contribution in [1.82, 2.24) is 9.78 Å². The smallest absolute Gasteiger partial charge is 0.270 e. The Bertz CT molecular complexity index is 1170. The van der Waals surface area contributed by atoms with Crippen LogP contribution in [0.5, 0.6) is 0 Å². The summed E-state index contributed by atoms with van der Waals surface area (Å²) in [7, 11) is 0. The zero-order valence-corrected chi connectivity index (χ0v) is 17.9. The topological polar surface area (TPSA) is 64.0 Å². The van der Waals surface area contributed by atoms with Gasteiger partial charge in [-0.25, -0.2) is 4.68 Å². The summed E-state index contributed by atoms with van der Waals surface area (Å²) in [4.78, 5) is 25.7. The first-order chi connectivity index (χ1) is 14.4. The molecule has 0 unspecified atom stereocenters. The van der Waals surface area contributed by atoms with Crippen molar-refractivity contribution in [2.45, 2.75) is 46.1 Å². The number of hydrogen-bond acceptors (Lipinski definition) is 3. The predicted octanol–water partition coefficient (Wildman–Crippen LogP) is 4.70. The number of rotatable bonds is 4. The Kier molecular flexibility index (Phi) is 5.73. The monoisotopic (exact) mass is 421 g/mol. The zero-order valence-electron chi connectivity index (χ0n) is 17.2. The molecule has 5 nitrogen and oxygen atoms in total. The Hall–Kier alpha value is -2.92. The van der Waals surface area contributed by atoms with Crippen LogP contribution in [0, 0.1) is 13.8 Å². The highest BCUT2D eigenvalue weighted by Crippen LogP contribution is 2.30. The Labute approximate surface area is 180 Å². The molecular weight excluding hydrogens is 398 g/mol. The van der Waals surface area contributed by atoms with E-state index >= 15 is 0 Å². The summed E-state index contributed by atoms with van der Waals surface area (Å²) in [6.07, 6.45) is 3.61.